The largest absolute Gasteiger partial charge is 0.316 e. The van der Waals surface area contributed by atoms with Gasteiger partial charge >= 0.3 is 0 Å². The second-order valence-corrected chi connectivity index (χ2v) is 6.00. The molecule has 2 heteroatoms. The average molecular weight is 240 g/mol. The van der Waals surface area contributed by atoms with Crippen LogP contribution in [0.1, 0.15) is 52.9 Å². The Morgan fingerprint density at radius 2 is 2.06 bits per heavy atom. The van der Waals surface area contributed by atoms with E-state index in [1.807, 2.05) is 0 Å². The molecule has 1 fully saturated rings. The van der Waals surface area contributed by atoms with E-state index in [-0.39, 0.29) is 0 Å². The van der Waals surface area contributed by atoms with E-state index in [9.17, 15) is 0 Å². The van der Waals surface area contributed by atoms with E-state index < -0.39 is 0 Å². The Morgan fingerprint density at radius 1 is 1.24 bits per heavy atom. The van der Waals surface area contributed by atoms with E-state index in [2.05, 4.69) is 31.0 Å². The zero-order valence-corrected chi connectivity index (χ0v) is 12.2. The van der Waals surface area contributed by atoms with Gasteiger partial charge in [-0.3, -0.25) is 0 Å². The molecule has 0 saturated carbocycles. The smallest absolute Gasteiger partial charge is 0.000664 e. The Balaban J connectivity index is 2.03. The van der Waals surface area contributed by atoms with Crippen molar-refractivity contribution in [1.82, 2.24) is 10.2 Å². The topological polar surface area (TPSA) is 15.3 Å². The molecule has 1 unspecified atom stereocenters. The van der Waals surface area contributed by atoms with Gasteiger partial charge in [0, 0.05) is 0 Å². The number of hydrogen-bond donors (Lipinski definition) is 1. The molecule has 0 aromatic carbocycles. The van der Waals surface area contributed by atoms with Gasteiger partial charge in [0.25, 0.3) is 0 Å². The molecular formula is C15H32N2. The molecule has 0 amide bonds. The maximum atomic E-state index is 3.53. The first-order chi connectivity index (χ1) is 8.22. The first kappa shape index (κ1) is 15.0. The molecule has 102 valence electrons. The summed E-state index contributed by atoms with van der Waals surface area (Å²) in [6.07, 6.45) is 6.99. The Labute approximate surface area is 108 Å². The molecule has 0 radical (unpaired) electrons. The number of likely N-dealkylation sites (tertiary alicyclic amines) is 1. The monoisotopic (exact) mass is 240 g/mol. The van der Waals surface area contributed by atoms with Crippen molar-refractivity contribution in [2.75, 3.05) is 32.7 Å². The molecular weight excluding hydrogens is 208 g/mol. The quantitative estimate of drug-likeness (QED) is 0.688. The van der Waals surface area contributed by atoms with Gasteiger partial charge in [-0.05, 0) is 70.2 Å². The van der Waals surface area contributed by atoms with Gasteiger partial charge in [0.15, 0.2) is 0 Å². The van der Waals surface area contributed by atoms with Gasteiger partial charge in [-0.15, -0.1) is 0 Å². The minimum Gasteiger partial charge on any atom is -0.316 e. The Hall–Kier alpha value is -0.0800. The number of nitrogens with zero attached hydrogens (tertiary/aromatic N) is 1. The SMILES string of the molecule is CCC1CCCN(CCCNCC(C)C)CC1. The van der Waals surface area contributed by atoms with Crippen LogP contribution in [0.2, 0.25) is 0 Å². The van der Waals surface area contributed by atoms with Gasteiger partial charge < -0.3 is 10.2 Å². The molecule has 0 aromatic rings. The van der Waals surface area contributed by atoms with Crippen molar-refractivity contribution < 1.29 is 0 Å². The minimum absolute atomic E-state index is 0.776. The normalized spacial score (nSPS) is 22.9. The van der Waals surface area contributed by atoms with Crippen molar-refractivity contribution in [2.24, 2.45) is 11.8 Å². The van der Waals surface area contributed by atoms with Crippen molar-refractivity contribution in [3.8, 4) is 0 Å². The summed E-state index contributed by atoms with van der Waals surface area (Å²) in [6, 6.07) is 0. The van der Waals surface area contributed by atoms with Crippen LogP contribution in [0.15, 0.2) is 0 Å². The van der Waals surface area contributed by atoms with Crippen LogP contribution in [0.25, 0.3) is 0 Å². The van der Waals surface area contributed by atoms with E-state index in [1.165, 1.54) is 58.3 Å². The molecule has 0 spiro atoms. The number of hydrogen-bond acceptors (Lipinski definition) is 2. The highest BCUT2D eigenvalue weighted by Crippen LogP contribution is 2.20. The highest BCUT2D eigenvalue weighted by atomic mass is 15.1. The molecule has 1 aliphatic heterocycles. The number of nitrogens with one attached hydrogen (secondary N) is 1. The highest BCUT2D eigenvalue weighted by Gasteiger charge is 2.14. The minimum atomic E-state index is 0.776. The van der Waals surface area contributed by atoms with E-state index >= 15 is 0 Å². The molecule has 1 aliphatic rings. The van der Waals surface area contributed by atoms with Crippen molar-refractivity contribution in [3.05, 3.63) is 0 Å². The summed E-state index contributed by atoms with van der Waals surface area (Å²) in [6.45, 7) is 13.2. The molecule has 1 heterocycles. The molecule has 1 N–H and O–H groups in total. The summed E-state index contributed by atoms with van der Waals surface area (Å²) < 4.78 is 0. The van der Waals surface area contributed by atoms with Crippen LogP contribution in [-0.4, -0.2) is 37.6 Å². The van der Waals surface area contributed by atoms with Gasteiger partial charge in [0.2, 0.25) is 0 Å². The lowest BCUT2D eigenvalue weighted by atomic mass is 9.98. The predicted octanol–water partition coefficient (Wildman–Crippen LogP) is 3.13. The first-order valence-electron chi connectivity index (χ1n) is 7.65. The van der Waals surface area contributed by atoms with Crippen molar-refractivity contribution in [2.45, 2.75) is 52.9 Å². The summed E-state index contributed by atoms with van der Waals surface area (Å²) >= 11 is 0. The van der Waals surface area contributed by atoms with Crippen LogP contribution >= 0.6 is 0 Å². The second kappa shape index (κ2) is 8.93. The number of rotatable bonds is 7. The molecule has 1 rings (SSSR count). The molecule has 17 heavy (non-hydrogen) atoms. The molecule has 0 aliphatic carbocycles. The fraction of sp³-hybridized carbons (Fsp3) is 1.00. The van der Waals surface area contributed by atoms with Gasteiger partial charge in [0.1, 0.15) is 0 Å². The van der Waals surface area contributed by atoms with Crippen LogP contribution in [0.4, 0.5) is 0 Å². The fourth-order valence-electron chi connectivity index (χ4n) is 2.68. The maximum Gasteiger partial charge on any atom is -0.000664 e. The third kappa shape index (κ3) is 7.05. The van der Waals surface area contributed by atoms with Gasteiger partial charge in [0.05, 0.1) is 0 Å². The van der Waals surface area contributed by atoms with E-state index in [4.69, 9.17) is 0 Å². The third-order valence-corrected chi connectivity index (χ3v) is 3.90. The third-order valence-electron chi connectivity index (χ3n) is 3.90. The molecule has 2 nitrogen and oxygen atoms in total. The molecule has 0 bridgehead atoms. The van der Waals surface area contributed by atoms with E-state index in [1.54, 1.807) is 0 Å². The van der Waals surface area contributed by atoms with Gasteiger partial charge in [-0.2, -0.15) is 0 Å². The zero-order chi connectivity index (χ0) is 12.5. The maximum absolute atomic E-state index is 3.53. The average Bonchev–Trinajstić information content (AvgIpc) is 2.53. The second-order valence-electron chi connectivity index (χ2n) is 6.00. The molecule has 1 saturated heterocycles. The standard InChI is InChI=1S/C15H32N2/c1-4-15-7-5-10-17(12-8-15)11-6-9-16-13-14(2)3/h14-16H,4-13H2,1-3H3. The van der Waals surface area contributed by atoms with Gasteiger partial charge in [-0.25, -0.2) is 0 Å². The Bertz CT molecular complexity index is 180. The summed E-state index contributed by atoms with van der Waals surface area (Å²) in [5.41, 5.74) is 0. The molecule has 1 atom stereocenters. The lowest BCUT2D eigenvalue weighted by molar-refractivity contribution is 0.275. The highest BCUT2D eigenvalue weighted by molar-refractivity contribution is 4.69. The van der Waals surface area contributed by atoms with Crippen LogP contribution in [0, 0.1) is 11.8 Å². The lowest BCUT2D eigenvalue weighted by Gasteiger charge is -2.20. The summed E-state index contributed by atoms with van der Waals surface area (Å²) in [5.74, 6) is 1.78. The Morgan fingerprint density at radius 3 is 2.76 bits per heavy atom. The van der Waals surface area contributed by atoms with Crippen LogP contribution < -0.4 is 5.32 Å². The van der Waals surface area contributed by atoms with Gasteiger partial charge in [-0.1, -0.05) is 27.2 Å². The Kier molecular flexibility index (Phi) is 7.87. The van der Waals surface area contributed by atoms with Crippen molar-refractivity contribution >= 4 is 0 Å². The lowest BCUT2D eigenvalue weighted by Crippen LogP contribution is -2.29. The fourth-order valence-corrected chi connectivity index (χ4v) is 2.68. The van der Waals surface area contributed by atoms with E-state index in [0.717, 1.165) is 18.4 Å². The van der Waals surface area contributed by atoms with Crippen LogP contribution in [0.3, 0.4) is 0 Å². The van der Waals surface area contributed by atoms with Crippen molar-refractivity contribution in [1.29, 1.82) is 0 Å². The summed E-state index contributed by atoms with van der Waals surface area (Å²) in [5, 5.41) is 3.53. The van der Waals surface area contributed by atoms with Crippen LogP contribution in [0.5, 0.6) is 0 Å². The van der Waals surface area contributed by atoms with Crippen LogP contribution in [-0.2, 0) is 0 Å². The molecule has 0 aromatic heterocycles. The van der Waals surface area contributed by atoms with Crippen molar-refractivity contribution in [3.63, 3.8) is 0 Å². The summed E-state index contributed by atoms with van der Waals surface area (Å²) in [4.78, 5) is 2.67. The first-order valence-corrected chi connectivity index (χ1v) is 7.65. The zero-order valence-electron chi connectivity index (χ0n) is 12.2. The predicted molar refractivity (Wildman–Crippen MR) is 76.4 cm³/mol. The summed E-state index contributed by atoms with van der Waals surface area (Å²) in [7, 11) is 0. The van der Waals surface area contributed by atoms with E-state index in [0.29, 0.717) is 0 Å².